The highest BCUT2D eigenvalue weighted by molar-refractivity contribution is 7.98. The molecule has 5 heteroatoms. The van der Waals surface area contributed by atoms with Crippen molar-refractivity contribution in [2.24, 2.45) is 0 Å². The number of nitrogens with two attached hydrogens (primary N) is 1. The van der Waals surface area contributed by atoms with Gasteiger partial charge in [0.05, 0.1) is 24.0 Å². The molecule has 1 rings (SSSR count). The highest BCUT2D eigenvalue weighted by Gasteiger charge is 2.20. The fourth-order valence-electron chi connectivity index (χ4n) is 1.80. The topological polar surface area (TPSA) is 55.6 Å². The van der Waals surface area contributed by atoms with Crippen molar-refractivity contribution in [1.29, 1.82) is 0 Å². The van der Waals surface area contributed by atoms with Crippen LogP contribution in [0.2, 0.25) is 0 Å². The van der Waals surface area contributed by atoms with Crippen LogP contribution in [0, 0.1) is 0 Å². The SMILES string of the molecule is COC(=O)c1cccc(N)c1N(C)C(C)CSC. The van der Waals surface area contributed by atoms with Gasteiger partial charge in [-0.25, -0.2) is 4.79 Å². The number of anilines is 2. The fourth-order valence-corrected chi connectivity index (χ4v) is 2.51. The summed E-state index contributed by atoms with van der Waals surface area (Å²) in [6, 6.07) is 5.58. The van der Waals surface area contributed by atoms with Crippen LogP contribution in [0.15, 0.2) is 18.2 Å². The molecule has 0 spiro atoms. The lowest BCUT2D eigenvalue weighted by Gasteiger charge is -2.29. The third-order valence-corrected chi connectivity index (χ3v) is 3.71. The second-order valence-electron chi connectivity index (χ2n) is 4.15. The first-order valence-electron chi connectivity index (χ1n) is 5.71. The number of ether oxygens (including phenoxy) is 1. The van der Waals surface area contributed by atoms with Crippen molar-refractivity contribution in [2.45, 2.75) is 13.0 Å². The predicted octanol–water partition coefficient (Wildman–Crippen LogP) is 2.24. The Morgan fingerprint density at radius 3 is 2.78 bits per heavy atom. The van der Waals surface area contributed by atoms with Gasteiger partial charge in [0.2, 0.25) is 0 Å². The van der Waals surface area contributed by atoms with Gasteiger partial charge in [-0.05, 0) is 25.3 Å². The van der Waals surface area contributed by atoms with Gasteiger partial charge in [-0.15, -0.1) is 0 Å². The molecule has 4 nitrogen and oxygen atoms in total. The van der Waals surface area contributed by atoms with Crippen molar-refractivity contribution in [3.05, 3.63) is 23.8 Å². The van der Waals surface area contributed by atoms with E-state index < -0.39 is 0 Å². The lowest BCUT2D eigenvalue weighted by Crippen LogP contribution is -2.32. The Morgan fingerprint density at radius 1 is 1.56 bits per heavy atom. The van der Waals surface area contributed by atoms with Crippen molar-refractivity contribution in [3.63, 3.8) is 0 Å². The van der Waals surface area contributed by atoms with Crippen molar-refractivity contribution in [2.75, 3.05) is 36.8 Å². The van der Waals surface area contributed by atoms with E-state index in [-0.39, 0.29) is 12.0 Å². The van der Waals surface area contributed by atoms with E-state index in [1.165, 1.54) is 7.11 Å². The van der Waals surface area contributed by atoms with Gasteiger partial charge in [0, 0.05) is 18.8 Å². The molecule has 1 unspecified atom stereocenters. The Bertz CT molecular complexity index is 423. The number of benzene rings is 1. The van der Waals surface area contributed by atoms with Crippen LogP contribution in [0.1, 0.15) is 17.3 Å². The molecule has 100 valence electrons. The van der Waals surface area contributed by atoms with Crippen LogP contribution in [0.4, 0.5) is 11.4 Å². The molecule has 0 saturated carbocycles. The van der Waals surface area contributed by atoms with Gasteiger partial charge in [0.1, 0.15) is 0 Å². The molecular formula is C13H20N2O2S. The van der Waals surface area contributed by atoms with Gasteiger partial charge in [0.15, 0.2) is 0 Å². The van der Waals surface area contributed by atoms with E-state index in [0.717, 1.165) is 11.4 Å². The summed E-state index contributed by atoms with van der Waals surface area (Å²) in [4.78, 5) is 13.8. The quantitative estimate of drug-likeness (QED) is 0.655. The molecule has 0 amide bonds. The van der Waals surface area contributed by atoms with Crippen LogP contribution in [-0.2, 0) is 4.74 Å². The van der Waals surface area contributed by atoms with E-state index in [9.17, 15) is 4.79 Å². The predicted molar refractivity (Wildman–Crippen MR) is 78.4 cm³/mol. The van der Waals surface area contributed by atoms with Gasteiger partial charge in [0.25, 0.3) is 0 Å². The molecule has 0 bridgehead atoms. The highest BCUT2D eigenvalue weighted by atomic mass is 32.2. The Morgan fingerprint density at radius 2 is 2.22 bits per heavy atom. The maximum atomic E-state index is 11.8. The highest BCUT2D eigenvalue weighted by Crippen LogP contribution is 2.29. The molecule has 1 aromatic rings. The van der Waals surface area contributed by atoms with E-state index >= 15 is 0 Å². The Hall–Kier alpha value is -1.36. The van der Waals surface area contributed by atoms with Gasteiger partial charge >= 0.3 is 5.97 Å². The number of methoxy groups -OCH3 is 1. The number of hydrogen-bond donors (Lipinski definition) is 1. The van der Waals surface area contributed by atoms with Gasteiger partial charge in [-0.3, -0.25) is 0 Å². The average molecular weight is 268 g/mol. The largest absolute Gasteiger partial charge is 0.465 e. The number of thioether (sulfide) groups is 1. The first kappa shape index (κ1) is 14.7. The summed E-state index contributed by atoms with van der Waals surface area (Å²) in [5, 5.41) is 0. The standard InChI is InChI=1S/C13H20N2O2S/c1-9(8-18-4)15(2)12-10(13(16)17-3)6-5-7-11(12)14/h5-7,9H,8,14H2,1-4H3. The van der Waals surface area contributed by atoms with E-state index in [1.807, 2.05) is 11.9 Å². The number of carbonyl (C=O) groups excluding carboxylic acids is 1. The molecule has 0 radical (unpaired) electrons. The number of esters is 1. The van der Waals surface area contributed by atoms with Crippen LogP contribution < -0.4 is 10.6 Å². The van der Waals surface area contributed by atoms with Crippen LogP contribution in [0.3, 0.4) is 0 Å². The summed E-state index contributed by atoms with van der Waals surface area (Å²) in [5.41, 5.74) is 7.83. The number of nitrogen functional groups attached to an aromatic ring is 1. The van der Waals surface area contributed by atoms with Crippen molar-refractivity contribution in [3.8, 4) is 0 Å². The second-order valence-corrected chi connectivity index (χ2v) is 5.06. The van der Waals surface area contributed by atoms with Gasteiger partial charge < -0.3 is 15.4 Å². The zero-order chi connectivity index (χ0) is 13.7. The zero-order valence-corrected chi connectivity index (χ0v) is 12.1. The Kier molecular flexibility index (Phi) is 5.34. The molecule has 2 N–H and O–H groups in total. The summed E-state index contributed by atoms with van der Waals surface area (Å²) in [6.45, 7) is 2.10. The van der Waals surface area contributed by atoms with E-state index in [4.69, 9.17) is 10.5 Å². The third kappa shape index (κ3) is 3.10. The Labute approximate surface area is 112 Å². The minimum absolute atomic E-state index is 0.285. The van der Waals surface area contributed by atoms with Crippen molar-refractivity contribution >= 4 is 29.1 Å². The van der Waals surface area contributed by atoms with Gasteiger partial charge in [-0.1, -0.05) is 6.07 Å². The molecule has 0 fully saturated rings. The van der Waals surface area contributed by atoms with Crippen LogP contribution in [-0.4, -0.2) is 38.2 Å². The van der Waals surface area contributed by atoms with Crippen molar-refractivity contribution in [1.82, 2.24) is 0 Å². The molecule has 1 aromatic carbocycles. The summed E-state index contributed by atoms with van der Waals surface area (Å²) in [7, 11) is 3.32. The lowest BCUT2D eigenvalue weighted by atomic mass is 10.1. The number of hydrogen-bond acceptors (Lipinski definition) is 5. The van der Waals surface area contributed by atoms with E-state index in [0.29, 0.717) is 11.3 Å². The maximum absolute atomic E-state index is 11.8. The molecule has 0 aliphatic heterocycles. The first-order valence-corrected chi connectivity index (χ1v) is 7.10. The minimum Gasteiger partial charge on any atom is -0.465 e. The van der Waals surface area contributed by atoms with Crippen molar-refractivity contribution < 1.29 is 9.53 Å². The summed E-state index contributed by atoms with van der Waals surface area (Å²) in [6.07, 6.45) is 2.06. The summed E-state index contributed by atoms with van der Waals surface area (Å²) in [5.74, 6) is 0.603. The molecule has 1 atom stereocenters. The van der Waals surface area contributed by atoms with E-state index in [1.54, 1.807) is 30.0 Å². The third-order valence-electron chi connectivity index (χ3n) is 2.89. The molecule has 0 aliphatic rings. The lowest BCUT2D eigenvalue weighted by molar-refractivity contribution is 0.0601. The smallest absolute Gasteiger partial charge is 0.340 e. The number of para-hydroxylation sites is 1. The van der Waals surface area contributed by atoms with Gasteiger partial charge in [-0.2, -0.15) is 11.8 Å². The second kappa shape index (κ2) is 6.54. The average Bonchev–Trinajstić information content (AvgIpc) is 2.37. The molecule has 0 heterocycles. The first-order chi connectivity index (χ1) is 8.52. The van der Waals surface area contributed by atoms with E-state index in [2.05, 4.69) is 13.2 Å². The number of rotatable bonds is 5. The summed E-state index contributed by atoms with van der Waals surface area (Å²) < 4.78 is 4.80. The molecular weight excluding hydrogens is 248 g/mol. The summed E-state index contributed by atoms with van der Waals surface area (Å²) >= 11 is 1.76. The van der Waals surface area contributed by atoms with Crippen LogP contribution in [0.25, 0.3) is 0 Å². The normalized spacial score (nSPS) is 12.0. The molecule has 0 aromatic heterocycles. The number of carbonyl (C=O) groups is 1. The molecule has 0 aliphatic carbocycles. The monoisotopic (exact) mass is 268 g/mol. The van der Waals surface area contributed by atoms with Crippen LogP contribution in [0.5, 0.6) is 0 Å². The zero-order valence-electron chi connectivity index (χ0n) is 11.3. The van der Waals surface area contributed by atoms with Crippen LogP contribution >= 0.6 is 11.8 Å². The Balaban J connectivity index is 3.17. The minimum atomic E-state index is -0.361. The maximum Gasteiger partial charge on any atom is 0.340 e. The fraction of sp³-hybridized carbons (Fsp3) is 0.462. The number of nitrogens with zero attached hydrogens (tertiary/aromatic N) is 1. The molecule has 18 heavy (non-hydrogen) atoms. The molecule has 0 saturated heterocycles.